The van der Waals surface area contributed by atoms with Gasteiger partial charge in [-0.1, -0.05) is 27.7 Å². The maximum absolute atomic E-state index is 13.8. The summed E-state index contributed by atoms with van der Waals surface area (Å²) in [5.41, 5.74) is 5.27. The fourth-order valence-corrected chi connectivity index (χ4v) is 2.85. The fraction of sp³-hybridized carbons (Fsp3) is 0.571. The molecule has 0 amide bonds. The van der Waals surface area contributed by atoms with Gasteiger partial charge in [0.05, 0.1) is 0 Å². The molecule has 0 spiro atoms. The van der Waals surface area contributed by atoms with Crippen LogP contribution in [0, 0.1) is 23.0 Å². The molecule has 0 aliphatic heterocycles. The lowest BCUT2D eigenvalue weighted by atomic mass is 9.81. The molecule has 7 heteroatoms. The molecular formula is C14H22F2N2O2S. The average Bonchev–Trinajstić information content (AvgIpc) is 2.39. The molecule has 1 rings (SSSR count). The Labute approximate surface area is 124 Å². The second-order valence-electron chi connectivity index (χ2n) is 6.06. The van der Waals surface area contributed by atoms with E-state index in [2.05, 4.69) is 4.72 Å². The first kappa shape index (κ1) is 18.0. The van der Waals surface area contributed by atoms with Gasteiger partial charge in [0.15, 0.2) is 11.6 Å². The van der Waals surface area contributed by atoms with Crippen LogP contribution in [-0.2, 0) is 16.6 Å². The number of nitrogens with one attached hydrogen (secondary N) is 1. The number of hydrogen-bond acceptors (Lipinski definition) is 3. The van der Waals surface area contributed by atoms with E-state index in [1.165, 1.54) is 0 Å². The molecule has 0 bridgehead atoms. The number of benzene rings is 1. The number of halogens is 2. The van der Waals surface area contributed by atoms with Crippen LogP contribution in [0.25, 0.3) is 0 Å². The zero-order chi connectivity index (χ0) is 16.4. The van der Waals surface area contributed by atoms with Crippen LogP contribution in [0.1, 0.15) is 33.3 Å². The molecule has 0 atom stereocenters. The molecule has 0 aliphatic carbocycles. The van der Waals surface area contributed by atoms with Crippen LogP contribution in [0.15, 0.2) is 17.0 Å². The molecule has 0 aliphatic rings. The van der Waals surface area contributed by atoms with Crippen molar-refractivity contribution in [1.29, 1.82) is 0 Å². The third-order valence-electron chi connectivity index (χ3n) is 3.86. The molecule has 0 fully saturated rings. The second kappa shape index (κ2) is 6.37. The van der Waals surface area contributed by atoms with Crippen LogP contribution in [0.2, 0.25) is 0 Å². The predicted molar refractivity (Wildman–Crippen MR) is 78.1 cm³/mol. The Balaban J connectivity index is 3.12. The van der Waals surface area contributed by atoms with Crippen molar-refractivity contribution in [2.24, 2.45) is 17.1 Å². The van der Waals surface area contributed by atoms with Crippen LogP contribution in [-0.4, -0.2) is 15.0 Å². The van der Waals surface area contributed by atoms with Gasteiger partial charge in [0.2, 0.25) is 10.0 Å². The Morgan fingerprint density at radius 2 is 1.86 bits per heavy atom. The average molecular weight is 320 g/mol. The van der Waals surface area contributed by atoms with E-state index in [0.717, 1.165) is 12.1 Å². The minimum Gasteiger partial charge on any atom is -0.326 e. The van der Waals surface area contributed by atoms with Crippen molar-refractivity contribution in [3.8, 4) is 0 Å². The highest BCUT2D eigenvalue weighted by molar-refractivity contribution is 7.89. The quantitative estimate of drug-likeness (QED) is 0.845. The molecule has 0 aromatic heterocycles. The lowest BCUT2D eigenvalue weighted by molar-refractivity contribution is 0.252. The Kier molecular flexibility index (Phi) is 5.46. The van der Waals surface area contributed by atoms with Crippen molar-refractivity contribution in [3.05, 3.63) is 29.3 Å². The van der Waals surface area contributed by atoms with Gasteiger partial charge in [-0.05, 0) is 29.0 Å². The fourth-order valence-electron chi connectivity index (χ4n) is 1.49. The first-order valence-electron chi connectivity index (χ1n) is 6.69. The topological polar surface area (TPSA) is 72.2 Å². The van der Waals surface area contributed by atoms with E-state index in [9.17, 15) is 17.2 Å². The minimum atomic E-state index is -4.13. The van der Waals surface area contributed by atoms with Crippen molar-refractivity contribution in [1.82, 2.24) is 4.72 Å². The summed E-state index contributed by atoms with van der Waals surface area (Å²) < 4.78 is 53.9. The van der Waals surface area contributed by atoms with E-state index >= 15 is 0 Å². The van der Waals surface area contributed by atoms with E-state index in [1.807, 2.05) is 27.7 Å². The summed E-state index contributed by atoms with van der Waals surface area (Å²) in [7, 11) is -4.13. The molecule has 21 heavy (non-hydrogen) atoms. The SMILES string of the molecule is CC(C)C(C)(C)CNS(=O)(=O)c1cc(CN)cc(F)c1F. The Hall–Kier alpha value is -1.05. The third-order valence-corrected chi connectivity index (χ3v) is 5.26. The predicted octanol–water partition coefficient (Wildman–Crippen LogP) is 2.38. The van der Waals surface area contributed by atoms with Gasteiger partial charge in [-0.2, -0.15) is 0 Å². The van der Waals surface area contributed by atoms with Crippen LogP contribution < -0.4 is 10.5 Å². The Morgan fingerprint density at radius 3 is 2.33 bits per heavy atom. The maximum Gasteiger partial charge on any atom is 0.243 e. The summed E-state index contributed by atoms with van der Waals surface area (Å²) >= 11 is 0. The molecule has 120 valence electrons. The standard InChI is InChI=1S/C14H22F2N2O2S/c1-9(2)14(3,4)8-18-21(19,20)12-6-10(7-17)5-11(15)13(12)16/h5-6,9,18H,7-8,17H2,1-4H3. The zero-order valence-electron chi connectivity index (χ0n) is 12.7. The number of nitrogens with two attached hydrogens (primary N) is 1. The normalized spacial score (nSPS) is 13.0. The van der Waals surface area contributed by atoms with Crippen LogP contribution >= 0.6 is 0 Å². The first-order valence-corrected chi connectivity index (χ1v) is 8.17. The van der Waals surface area contributed by atoms with Crippen molar-refractivity contribution in [3.63, 3.8) is 0 Å². The second-order valence-corrected chi connectivity index (χ2v) is 7.80. The molecule has 0 radical (unpaired) electrons. The van der Waals surface area contributed by atoms with Crippen molar-refractivity contribution in [2.45, 2.75) is 39.1 Å². The van der Waals surface area contributed by atoms with E-state index in [0.29, 0.717) is 0 Å². The molecule has 0 saturated carbocycles. The Bertz CT molecular complexity index is 614. The largest absolute Gasteiger partial charge is 0.326 e. The van der Waals surface area contributed by atoms with Crippen molar-refractivity contribution in [2.75, 3.05) is 6.54 Å². The summed E-state index contributed by atoms with van der Waals surface area (Å²) in [6.07, 6.45) is 0. The van der Waals surface area contributed by atoms with Crippen molar-refractivity contribution < 1.29 is 17.2 Å². The van der Waals surface area contributed by atoms with Gasteiger partial charge in [-0.25, -0.2) is 21.9 Å². The number of hydrogen-bond donors (Lipinski definition) is 2. The van der Waals surface area contributed by atoms with Crippen LogP contribution in [0.5, 0.6) is 0 Å². The van der Waals surface area contributed by atoms with E-state index in [-0.39, 0.29) is 30.0 Å². The van der Waals surface area contributed by atoms with E-state index in [4.69, 9.17) is 5.73 Å². The molecule has 3 N–H and O–H groups in total. The summed E-state index contributed by atoms with van der Waals surface area (Å²) in [5, 5.41) is 0. The van der Waals surface area contributed by atoms with Gasteiger partial charge < -0.3 is 5.73 Å². The molecule has 0 saturated heterocycles. The summed E-state index contributed by atoms with van der Waals surface area (Å²) in [6.45, 7) is 7.77. The lowest BCUT2D eigenvalue weighted by Crippen LogP contribution is -2.37. The van der Waals surface area contributed by atoms with Crippen molar-refractivity contribution >= 4 is 10.0 Å². The minimum absolute atomic E-state index is 0.0722. The van der Waals surface area contributed by atoms with Gasteiger partial charge >= 0.3 is 0 Å². The highest BCUT2D eigenvalue weighted by Crippen LogP contribution is 2.26. The van der Waals surface area contributed by atoms with E-state index < -0.39 is 26.6 Å². The first-order chi connectivity index (χ1) is 9.51. The number of sulfonamides is 1. The highest BCUT2D eigenvalue weighted by Gasteiger charge is 2.28. The molecular weight excluding hydrogens is 298 g/mol. The summed E-state index contributed by atoms with van der Waals surface area (Å²) in [4.78, 5) is -0.706. The van der Waals surface area contributed by atoms with Gasteiger partial charge in [0, 0.05) is 13.1 Å². The molecule has 0 heterocycles. The van der Waals surface area contributed by atoms with Gasteiger partial charge in [0.1, 0.15) is 4.90 Å². The zero-order valence-corrected chi connectivity index (χ0v) is 13.5. The van der Waals surface area contributed by atoms with Gasteiger partial charge in [-0.3, -0.25) is 0 Å². The molecule has 1 aromatic rings. The molecule has 0 unspecified atom stereocenters. The Morgan fingerprint density at radius 1 is 1.29 bits per heavy atom. The van der Waals surface area contributed by atoms with Crippen LogP contribution in [0.4, 0.5) is 8.78 Å². The highest BCUT2D eigenvalue weighted by atomic mass is 32.2. The van der Waals surface area contributed by atoms with Crippen LogP contribution in [0.3, 0.4) is 0 Å². The molecule has 1 aromatic carbocycles. The molecule has 4 nitrogen and oxygen atoms in total. The number of rotatable bonds is 6. The third kappa shape index (κ3) is 4.21. The van der Waals surface area contributed by atoms with E-state index in [1.54, 1.807) is 0 Å². The summed E-state index contributed by atoms with van der Waals surface area (Å²) in [6, 6.07) is 1.95. The van der Waals surface area contributed by atoms with Gasteiger partial charge in [0.25, 0.3) is 0 Å². The smallest absolute Gasteiger partial charge is 0.243 e. The maximum atomic E-state index is 13.8. The monoisotopic (exact) mass is 320 g/mol. The van der Waals surface area contributed by atoms with Gasteiger partial charge in [-0.15, -0.1) is 0 Å². The summed E-state index contributed by atoms with van der Waals surface area (Å²) in [5.74, 6) is -2.39. The lowest BCUT2D eigenvalue weighted by Gasteiger charge is -2.29.